The second kappa shape index (κ2) is 5.99. The molecule has 0 bridgehead atoms. The van der Waals surface area contributed by atoms with Crippen LogP contribution in [0.15, 0.2) is 18.2 Å². The Bertz CT molecular complexity index is 467. The van der Waals surface area contributed by atoms with E-state index in [1.807, 2.05) is 0 Å². The van der Waals surface area contributed by atoms with E-state index in [4.69, 9.17) is 15.2 Å². The molecule has 1 aromatic rings. The van der Waals surface area contributed by atoms with Crippen molar-refractivity contribution >= 4 is 11.6 Å². The minimum atomic E-state index is -0.521. The lowest BCUT2D eigenvalue weighted by atomic mass is 10.2. The van der Waals surface area contributed by atoms with Crippen LogP contribution < -0.4 is 15.8 Å². The molecule has 6 heteroatoms. The Morgan fingerprint density at radius 2 is 2.37 bits per heavy atom. The number of nitrogens with two attached hydrogens (primary N) is 1. The zero-order chi connectivity index (χ0) is 13.8. The van der Waals surface area contributed by atoms with Crippen LogP contribution in [0.4, 0.5) is 10.1 Å². The van der Waals surface area contributed by atoms with Gasteiger partial charge in [-0.2, -0.15) is 0 Å². The fraction of sp³-hybridized carbons (Fsp3) is 0.462. The van der Waals surface area contributed by atoms with Gasteiger partial charge in [-0.3, -0.25) is 4.79 Å². The Morgan fingerprint density at radius 3 is 2.95 bits per heavy atom. The smallest absolute Gasteiger partial charge is 0.253 e. The van der Waals surface area contributed by atoms with E-state index in [-0.39, 0.29) is 17.8 Å². The number of methoxy groups -OCH3 is 1. The average Bonchev–Trinajstić information content (AvgIpc) is 2.88. The normalized spacial score (nSPS) is 22.3. The molecule has 1 fully saturated rings. The van der Waals surface area contributed by atoms with Crippen LogP contribution in [0.5, 0.6) is 5.75 Å². The molecule has 0 aliphatic carbocycles. The lowest BCUT2D eigenvalue weighted by molar-refractivity contribution is -0.126. The van der Waals surface area contributed by atoms with Crippen molar-refractivity contribution in [2.45, 2.75) is 25.0 Å². The van der Waals surface area contributed by atoms with Gasteiger partial charge in [-0.1, -0.05) is 0 Å². The molecule has 0 radical (unpaired) electrons. The molecule has 5 nitrogen and oxygen atoms in total. The summed E-state index contributed by atoms with van der Waals surface area (Å²) >= 11 is 0. The molecule has 1 heterocycles. The molecule has 2 atom stereocenters. The van der Waals surface area contributed by atoms with Crippen LogP contribution in [-0.2, 0) is 9.53 Å². The number of halogens is 1. The lowest BCUT2D eigenvalue weighted by Crippen LogP contribution is -2.29. The van der Waals surface area contributed by atoms with Gasteiger partial charge in [0.15, 0.2) is 11.6 Å². The lowest BCUT2D eigenvalue weighted by Gasteiger charge is -2.13. The summed E-state index contributed by atoms with van der Waals surface area (Å²) in [6.45, 7) is 0.404. The van der Waals surface area contributed by atoms with E-state index in [9.17, 15) is 9.18 Å². The summed E-state index contributed by atoms with van der Waals surface area (Å²) in [5.74, 6) is -0.661. The maximum absolute atomic E-state index is 13.5. The van der Waals surface area contributed by atoms with E-state index in [1.165, 1.54) is 19.2 Å². The fourth-order valence-corrected chi connectivity index (χ4v) is 2.04. The van der Waals surface area contributed by atoms with Crippen molar-refractivity contribution in [2.24, 2.45) is 5.73 Å². The van der Waals surface area contributed by atoms with Crippen LogP contribution in [0.3, 0.4) is 0 Å². The van der Waals surface area contributed by atoms with Gasteiger partial charge in [0.05, 0.1) is 13.2 Å². The Balaban J connectivity index is 1.97. The molecular formula is C13H17FN2O3. The van der Waals surface area contributed by atoms with Gasteiger partial charge in [0.2, 0.25) is 0 Å². The second-order valence-corrected chi connectivity index (χ2v) is 4.40. The molecule has 1 saturated heterocycles. The van der Waals surface area contributed by atoms with Crippen molar-refractivity contribution in [3.8, 4) is 5.75 Å². The third-order valence-corrected chi connectivity index (χ3v) is 3.08. The van der Waals surface area contributed by atoms with Gasteiger partial charge in [0, 0.05) is 18.3 Å². The third kappa shape index (κ3) is 3.21. The Hall–Kier alpha value is -1.66. The minimum Gasteiger partial charge on any atom is -0.494 e. The first kappa shape index (κ1) is 13.8. The quantitative estimate of drug-likeness (QED) is 0.862. The van der Waals surface area contributed by atoms with Gasteiger partial charge < -0.3 is 20.5 Å². The predicted octanol–water partition coefficient (Wildman–Crippen LogP) is 1.28. The highest BCUT2D eigenvalue weighted by Gasteiger charge is 2.29. The number of anilines is 1. The molecule has 1 aromatic carbocycles. The van der Waals surface area contributed by atoms with Crippen LogP contribution in [-0.4, -0.2) is 31.8 Å². The maximum Gasteiger partial charge on any atom is 0.253 e. The van der Waals surface area contributed by atoms with Crippen LogP contribution in [0.2, 0.25) is 0 Å². The highest BCUT2D eigenvalue weighted by Crippen LogP contribution is 2.23. The fourth-order valence-electron chi connectivity index (χ4n) is 2.04. The number of carbonyl (C=O) groups excluding carboxylic acids is 1. The summed E-state index contributed by atoms with van der Waals surface area (Å²) < 4.78 is 23.7. The second-order valence-electron chi connectivity index (χ2n) is 4.40. The zero-order valence-corrected chi connectivity index (χ0v) is 10.7. The number of carbonyl (C=O) groups is 1. The van der Waals surface area contributed by atoms with Gasteiger partial charge in [0.1, 0.15) is 6.10 Å². The van der Waals surface area contributed by atoms with E-state index in [1.54, 1.807) is 6.07 Å². The van der Waals surface area contributed by atoms with E-state index in [0.29, 0.717) is 18.7 Å². The highest BCUT2D eigenvalue weighted by atomic mass is 19.1. The van der Waals surface area contributed by atoms with Gasteiger partial charge in [-0.05, 0) is 25.0 Å². The molecule has 0 aromatic heterocycles. The number of amides is 1. The maximum atomic E-state index is 13.5. The Kier molecular flexibility index (Phi) is 4.34. The number of ether oxygens (including phenoxy) is 2. The standard InChI is InChI=1S/C13H17FN2O3/c1-18-11-4-2-8(6-10(11)14)16-13(17)12-5-3-9(7-15)19-12/h2,4,6,9,12H,3,5,7,15H2,1H3,(H,16,17). The van der Waals surface area contributed by atoms with Gasteiger partial charge >= 0.3 is 0 Å². The van der Waals surface area contributed by atoms with E-state index < -0.39 is 11.9 Å². The van der Waals surface area contributed by atoms with Crippen LogP contribution in [0.25, 0.3) is 0 Å². The van der Waals surface area contributed by atoms with Crippen molar-refractivity contribution < 1.29 is 18.7 Å². The summed E-state index contributed by atoms with van der Waals surface area (Å²) in [5, 5.41) is 2.62. The first-order valence-electron chi connectivity index (χ1n) is 6.14. The third-order valence-electron chi connectivity index (χ3n) is 3.08. The first-order valence-corrected chi connectivity index (χ1v) is 6.14. The van der Waals surface area contributed by atoms with E-state index in [0.717, 1.165) is 6.42 Å². The van der Waals surface area contributed by atoms with Gasteiger partial charge in [0.25, 0.3) is 5.91 Å². The topological polar surface area (TPSA) is 73.6 Å². The number of nitrogens with one attached hydrogen (secondary N) is 1. The zero-order valence-electron chi connectivity index (χ0n) is 10.7. The molecule has 1 aliphatic heterocycles. The monoisotopic (exact) mass is 268 g/mol. The Morgan fingerprint density at radius 1 is 1.58 bits per heavy atom. The summed E-state index contributed by atoms with van der Waals surface area (Å²) in [6, 6.07) is 4.25. The minimum absolute atomic E-state index is 0.0663. The largest absolute Gasteiger partial charge is 0.494 e. The van der Waals surface area contributed by atoms with Crippen molar-refractivity contribution in [1.29, 1.82) is 0 Å². The molecule has 3 N–H and O–H groups in total. The molecule has 2 rings (SSSR count). The summed E-state index contributed by atoms with van der Waals surface area (Å²) in [6.07, 6.45) is 0.819. The molecular weight excluding hydrogens is 251 g/mol. The predicted molar refractivity (Wildman–Crippen MR) is 68.5 cm³/mol. The summed E-state index contributed by atoms with van der Waals surface area (Å²) in [4.78, 5) is 11.9. The highest BCUT2D eigenvalue weighted by molar-refractivity contribution is 5.94. The SMILES string of the molecule is COc1ccc(NC(=O)C2CCC(CN)O2)cc1F. The molecule has 0 saturated carbocycles. The van der Waals surface area contributed by atoms with Crippen molar-refractivity contribution in [1.82, 2.24) is 0 Å². The number of hydrogen-bond acceptors (Lipinski definition) is 4. The number of benzene rings is 1. The first-order chi connectivity index (χ1) is 9.13. The van der Waals surface area contributed by atoms with Crippen LogP contribution in [0.1, 0.15) is 12.8 Å². The molecule has 1 aliphatic rings. The van der Waals surface area contributed by atoms with Crippen molar-refractivity contribution in [3.05, 3.63) is 24.0 Å². The molecule has 0 spiro atoms. The molecule has 19 heavy (non-hydrogen) atoms. The Labute approximate surface area is 110 Å². The molecule has 2 unspecified atom stereocenters. The van der Waals surface area contributed by atoms with Crippen LogP contribution in [0, 0.1) is 5.82 Å². The van der Waals surface area contributed by atoms with Gasteiger partial charge in [-0.25, -0.2) is 4.39 Å². The average molecular weight is 268 g/mol. The van der Waals surface area contributed by atoms with Crippen LogP contribution >= 0.6 is 0 Å². The summed E-state index contributed by atoms with van der Waals surface area (Å²) in [5.41, 5.74) is 5.86. The van der Waals surface area contributed by atoms with E-state index in [2.05, 4.69) is 5.32 Å². The molecule has 104 valence electrons. The number of hydrogen-bond donors (Lipinski definition) is 2. The van der Waals surface area contributed by atoms with Crippen molar-refractivity contribution in [2.75, 3.05) is 19.0 Å². The summed E-state index contributed by atoms with van der Waals surface area (Å²) in [7, 11) is 1.38. The van der Waals surface area contributed by atoms with Gasteiger partial charge in [-0.15, -0.1) is 0 Å². The van der Waals surface area contributed by atoms with Crippen molar-refractivity contribution in [3.63, 3.8) is 0 Å². The van der Waals surface area contributed by atoms with E-state index >= 15 is 0 Å². The number of rotatable bonds is 4. The molecule has 1 amide bonds.